The highest BCUT2D eigenvalue weighted by Crippen LogP contribution is 2.33. The zero-order valence-corrected chi connectivity index (χ0v) is 12.6. The van der Waals surface area contributed by atoms with E-state index in [9.17, 15) is 9.59 Å². The number of anilines is 2. The number of aromatic amines is 1. The lowest BCUT2D eigenvalue weighted by Crippen LogP contribution is -2.38. The number of hydrogen-bond acceptors (Lipinski definition) is 3. The normalized spacial score (nSPS) is 18.1. The van der Waals surface area contributed by atoms with E-state index >= 15 is 0 Å². The Labute approximate surface area is 128 Å². The minimum absolute atomic E-state index is 0.0179. The molecule has 1 aromatic carbocycles. The number of H-pyrrole nitrogens is 1. The summed E-state index contributed by atoms with van der Waals surface area (Å²) in [6, 6.07) is 9.27. The molecule has 0 fully saturated rings. The predicted octanol–water partition coefficient (Wildman–Crippen LogP) is 1.60. The third-order valence-corrected chi connectivity index (χ3v) is 3.94. The lowest BCUT2D eigenvalue weighted by Gasteiger charge is -2.23. The Hall–Kier alpha value is -2.63. The van der Waals surface area contributed by atoms with Crippen LogP contribution in [-0.4, -0.2) is 35.6 Å². The van der Waals surface area contributed by atoms with Gasteiger partial charge < -0.3 is 9.80 Å². The topological polar surface area (TPSA) is 69.3 Å². The Morgan fingerprint density at radius 2 is 2.05 bits per heavy atom. The van der Waals surface area contributed by atoms with Crippen molar-refractivity contribution >= 4 is 23.2 Å². The van der Waals surface area contributed by atoms with Crippen LogP contribution in [-0.2, 0) is 16.0 Å². The third-order valence-electron chi connectivity index (χ3n) is 3.94. The van der Waals surface area contributed by atoms with Gasteiger partial charge in [0.05, 0.1) is 23.7 Å². The molecule has 0 aliphatic carbocycles. The van der Waals surface area contributed by atoms with E-state index in [0.717, 1.165) is 17.1 Å². The maximum Gasteiger partial charge on any atom is 0.233 e. The third kappa shape index (κ3) is 2.47. The van der Waals surface area contributed by atoms with E-state index in [1.165, 1.54) is 0 Å². The largest absolute Gasteiger partial charge is 0.313 e. The monoisotopic (exact) mass is 298 g/mol. The van der Waals surface area contributed by atoms with E-state index in [4.69, 9.17) is 0 Å². The molecular weight excluding hydrogens is 280 g/mol. The summed E-state index contributed by atoms with van der Waals surface area (Å²) in [5.41, 5.74) is 2.29. The highest BCUT2D eigenvalue weighted by molar-refractivity contribution is 6.05. The summed E-state index contributed by atoms with van der Waals surface area (Å²) in [7, 11) is 1.75. The van der Waals surface area contributed by atoms with Gasteiger partial charge in [0.25, 0.3) is 0 Å². The average molecular weight is 298 g/mol. The van der Waals surface area contributed by atoms with Gasteiger partial charge in [-0.05, 0) is 18.2 Å². The summed E-state index contributed by atoms with van der Waals surface area (Å²) in [5.74, 6) is -0.279. The molecule has 1 aromatic heterocycles. The Morgan fingerprint density at radius 1 is 1.32 bits per heavy atom. The van der Waals surface area contributed by atoms with Crippen LogP contribution in [0.25, 0.3) is 0 Å². The quantitative estimate of drug-likeness (QED) is 0.915. The standard InChI is InChI=1S/C16H18N4O2/c1-11-10-20(15(21)9-12-7-8-17-18-12)14-6-4-3-5-13(14)19(2)16(11)22/h3-8,11H,9-10H2,1-2H3,(H,17,18). The number of benzene rings is 1. The van der Waals surface area contributed by atoms with E-state index < -0.39 is 0 Å². The summed E-state index contributed by atoms with van der Waals surface area (Å²) in [6.45, 7) is 2.23. The van der Waals surface area contributed by atoms with Gasteiger partial charge >= 0.3 is 0 Å². The van der Waals surface area contributed by atoms with Gasteiger partial charge in [0, 0.05) is 25.5 Å². The zero-order valence-electron chi connectivity index (χ0n) is 12.6. The van der Waals surface area contributed by atoms with Crippen LogP contribution in [0.5, 0.6) is 0 Å². The van der Waals surface area contributed by atoms with Gasteiger partial charge in [-0.15, -0.1) is 0 Å². The average Bonchev–Trinajstić information content (AvgIpc) is 3.00. The number of amides is 2. The molecule has 1 atom stereocenters. The number of aromatic nitrogens is 2. The Kier molecular flexibility index (Phi) is 3.66. The summed E-state index contributed by atoms with van der Waals surface area (Å²) in [6.07, 6.45) is 1.86. The first-order valence-electron chi connectivity index (χ1n) is 7.23. The molecular formula is C16H18N4O2. The number of hydrogen-bond donors (Lipinski definition) is 1. The molecule has 114 valence electrons. The number of rotatable bonds is 2. The summed E-state index contributed by atoms with van der Waals surface area (Å²) in [5, 5.41) is 6.66. The van der Waals surface area contributed by atoms with Gasteiger partial charge in [-0.2, -0.15) is 5.10 Å². The Balaban J connectivity index is 1.97. The van der Waals surface area contributed by atoms with E-state index in [1.54, 1.807) is 29.1 Å². The first-order chi connectivity index (χ1) is 10.6. The van der Waals surface area contributed by atoms with E-state index in [2.05, 4.69) is 10.2 Å². The van der Waals surface area contributed by atoms with Crippen molar-refractivity contribution in [3.05, 3.63) is 42.2 Å². The molecule has 2 heterocycles. The van der Waals surface area contributed by atoms with Crippen molar-refractivity contribution in [2.24, 2.45) is 5.92 Å². The van der Waals surface area contributed by atoms with Crippen LogP contribution in [0.3, 0.4) is 0 Å². The van der Waals surface area contributed by atoms with Crippen molar-refractivity contribution in [1.29, 1.82) is 0 Å². The van der Waals surface area contributed by atoms with Gasteiger partial charge in [-0.3, -0.25) is 14.7 Å². The van der Waals surface area contributed by atoms with Crippen molar-refractivity contribution in [2.45, 2.75) is 13.3 Å². The van der Waals surface area contributed by atoms with E-state index in [-0.39, 0.29) is 24.2 Å². The Morgan fingerprint density at radius 3 is 2.73 bits per heavy atom. The van der Waals surface area contributed by atoms with Gasteiger partial charge in [-0.1, -0.05) is 19.1 Å². The second-order valence-electron chi connectivity index (χ2n) is 5.55. The number of fused-ring (bicyclic) bond motifs is 1. The minimum Gasteiger partial charge on any atom is -0.313 e. The molecule has 6 nitrogen and oxygen atoms in total. The fourth-order valence-electron chi connectivity index (χ4n) is 2.75. The first kappa shape index (κ1) is 14.3. The molecule has 2 aromatic rings. The van der Waals surface area contributed by atoms with Crippen molar-refractivity contribution in [1.82, 2.24) is 10.2 Å². The second kappa shape index (κ2) is 5.63. The Bertz CT molecular complexity index is 696. The van der Waals surface area contributed by atoms with Crippen LogP contribution in [0, 0.1) is 5.92 Å². The van der Waals surface area contributed by atoms with Gasteiger partial charge in [0.1, 0.15) is 0 Å². The highest BCUT2D eigenvalue weighted by Gasteiger charge is 2.31. The van der Waals surface area contributed by atoms with Crippen LogP contribution in [0.2, 0.25) is 0 Å². The number of nitrogens with zero attached hydrogens (tertiary/aromatic N) is 3. The molecule has 6 heteroatoms. The fourth-order valence-corrected chi connectivity index (χ4v) is 2.75. The van der Waals surface area contributed by atoms with Crippen LogP contribution in [0.15, 0.2) is 36.5 Å². The van der Waals surface area contributed by atoms with Gasteiger partial charge in [0.2, 0.25) is 11.8 Å². The summed E-state index contributed by atoms with van der Waals surface area (Å²) >= 11 is 0. The molecule has 1 aliphatic heterocycles. The maximum absolute atomic E-state index is 12.7. The second-order valence-corrected chi connectivity index (χ2v) is 5.55. The zero-order chi connectivity index (χ0) is 15.7. The molecule has 2 amide bonds. The van der Waals surface area contributed by atoms with Crippen molar-refractivity contribution < 1.29 is 9.59 Å². The van der Waals surface area contributed by atoms with Crippen molar-refractivity contribution in [3.63, 3.8) is 0 Å². The van der Waals surface area contributed by atoms with Crippen LogP contribution >= 0.6 is 0 Å². The summed E-state index contributed by atoms with van der Waals surface area (Å²) in [4.78, 5) is 28.4. The predicted molar refractivity (Wildman–Crippen MR) is 83.7 cm³/mol. The molecule has 0 radical (unpaired) electrons. The fraction of sp³-hybridized carbons (Fsp3) is 0.312. The number of carbonyl (C=O) groups is 2. The molecule has 1 unspecified atom stereocenters. The van der Waals surface area contributed by atoms with Gasteiger partial charge in [0.15, 0.2) is 0 Å². The molecule has 0 saturated heterocycles. The lowest BCUT2D eigenvalue weighted by atomic mass is 10.1. The van der Waals surface area contributed by atoms with E-state index in [1.807, 2.05) is 31.2 Å². The van der Waals surface area contributed by atoms with Crippen LogP contribution < -0.4 is 9.80 Å². The smallest absolute Gasteiger partial charge is 0.233 e. The first-order valence-corrected chi connectivity index (χ1v) is 7.23. The summed E-state index contributed by atoms with van der Waals surface area (Å²) < 4.78 is 0. The van der Waals surface area contributed by atoms with Gasteiger partial charge in [-0.25, -0.2) is 0 Å². The van der Waals surface area contributed by atoms with Crippen molar-refractivity contribution in [3.8, 4) is 0 Å². The maximum atomic E-state index is 12.7. The number of nitrogens with one attached hydrogen (secondary N) is 1. The molecule has 0 bridgehead atoms. The number of carbonyl (C=O) groups excluding carboxylic acids is 2. The molecule has 3 rings (SSSR count). The van der Waals surface area contributed by atoms with Crippen LogP contribution in [0.1, 0.15) is 12.6 Å². The molecule has 1 aliphatic rings. The molecule has 22 heavy (non-hydrogen) atoms. The minimum atomic E-state index is -0.247. The molecule has 0 spiro atoms. The SMILES string of the molecule is CC1CN(C(=O)Cc2ccn[nH]2)c2ccccc2N(C)C1=O. The molecule has 1 N–H and O–H groups in total. The highest BCUT2D eigenvalue weighted by atomic mass is 16.2. The number of para-hydroxylation sites is 2. The van der Waals surface area contributed by atoms with Crippen molar-refractivity contribution in [2.75, 3.05) is 23.4 Å². The molecule has 0 saturated carbocycles. The lowest BCUT2D eigenvalue weighted by molar-refractivity contribution is -0.121. The van der Waals surface area contributed by atoms with Crippen LogP contribution in [0.4, 0.5) is 11.4 Å². The van der Waals surface area contributed by atoms with E-state index in [0.29, 0.717) is 6.54 Å².